The Labute approximate surface area is 147 Å². The quantitative estimate of drug-likeness (QED) is 0.224. The van der Waals surface area contributed by atoms with Crippen LogP contribution in [-0.4, -0.2) is 12.8 Å². The lowest BCUT2D eigenvalue weighted by Crippen LogP contribution is -2.14. The van der Waals surface area contributed by atoms with Gasteiger partial charge in [0.2, 0.25) is 6.79 Å². The summed E-state index contributed by atoms with van der Waals surface area (Å²) in [5.41, 5.74) is 0.536. The molecule has 0 radical (unpaired) electrons. The Hall–Kier alpha value is -1.04. The van der Waals surface area contributed by atoms with Crippen LogP contribution < -0.4 is 4.74 Å². The molecule has 1 aromatic carbocycles. The van der Waals surface area contributed by atoms with Crippen molar-refractivity contribution in [2.75, 3.05) is 6.79 Å². The van der Waals surface area contributed by atoms with Crippen molar-refractivity contribution in [2.45, 2.75) is 46.0 Å². The van der Waals surface area contributed by atoms with Gasteiger partial charge < -0.3 is 9.47 Å². The molecule has 1 unspecified atom stereocenters. The highest BCUT2D eigenvalue weighted by molar-refractivity contribution is 14.1. The molecular weight excluding hydrogens is 391 g/mol. The maximum Gasteiger partial charge on any atom is 0.336 e. The number of hydrogen-bond donors (Lipinski definition) is 0. The second kappa shape index (κ2) is 10.6. The fraction of sp³-hybridized carbons (Fsp3) is 0.500. The molecule has 4 heteroatoms. The molecule has 0 N–H and O–H groups in total. The molecule has 0 amide bonds. The van der Waals surface area contributed by atoms with Gasteiger partial charge in [0, 0.05) is 9.14 Å². The van der Waals surface area contributed by atoms with Crippen LogP contribution >= 0.6 is 22.6 Å². The maximum absolute atomic E-state index is 11.9. The minimum atomic E-state index is -0.361. The van der Waals surface area contributed by atoms with Gasteiger partial charge >= 0.3 is 5.97 Å². The predicted octanol–water partition coefficient (Wildman–Crippen LogP) is 5.33. The SMILES string of the molecule is C=C(CC(CC)CCCC)C(=O)OCOc1ccc(I)cc1. The summed E-state index contributed by atoms with van der Waals surface area (Å²) in [5.74, 6) is 0.839. The predicted molar refractivity (Wildman–Crippen MR) is 97.8 cm³/mol. The first-order valence-electron chi connectivity index (χ1n) is 7.80. The van der Waals surface area contributed by atoms with Crippen LogP contribution in [0.3, 0.4) is 0 Å². The Morgan fingerprint density at radius 3 is 2.55 bits per heavy atom. The van der Waals surface area contributed by atoms with Crippen molar-refractivity contribution in [3.8, 4) is 5.75 Å². The lowest BCUT2D eigenvalue weighted by molar-refractivity contribution is -0.145. The molecule has 0 saturated heterocycles. The summed E-state index contributed by atoms with van der Waals surface area (Å²) in [6.45, 7) is 8.11. The summed E-state index contributed by atoms with van der Waals surface area (Å²) in [4.78, 5) is 11.9. The summed E-state index contributed by atoms with van der Waals surface area (Å²) in [6.07, 6.45) is 5.27. The van der Waals surface area contributed by atoms with Crippen molar-refractivity contribution in [1.82, 2.24) is 0 Å². The Bertz CT molecular complexity index is 468. The lowest BCUT2D eigenvalue weighted by Gasteiger charge is -2.15. The summed E-state index contributed by atoms with van der Waals surface area (Å²) >= 11 is 2.22. The molecule has 1 aromatic rings. The molecule has 1 atom stereocenters. The van der Waals surface area contributed by atoms with E-state index in [2.05, 4.69) is 43.0 Å². The van der Waals surface area contributed by atoms with Gasteiger partial charge in [-0.2, -0.15) is 0 Å². The first kappa shape index (κ1) is 19.0. The normalized spacial score (nSPS) is 11.8. The third-order valence-electron chi connectivity index (χ3n) is 3.60. The lowest BCUT2D eigenvalue weighted by atomic mass is 9.92. The van der Waals surface area contributed by atoms with Gasteiger partial charge in [0.25, 0.3) is 0 Å². The van der Waals surface area contributed by atoms with Gasteiger partial charge in [-0.3, -0.25) is 0 Å². The van der Waals surface area contributed by atoms with Crippen molar-refractivity contribution >= 4 is 28.6 Å². The third kappa shape index (κ3) is 7.29. The molecule has 0 saturated carbocycles. The first-order chi connectivity index (χ1) is 10.6. The molecule has 0 heterocycles. The van der Waals surface area contributed by atoms with Crippen LogP contribution in [0.2, 0.25) is 0 Å². The van der Waals surface area contributed by atoms with Crippen LogP contribution in [0.4, 0.5) is 0 Å². The van der Waals surface area contributed by atoms with E-state index in [1.165, 1.54) is 12.8 Å². The van der Waals surface area contributed by atoms with Crippen molar-refractivity contribution in [1.29, 1.82) is 0 Å². The summed E-state index contributed by atoms with van der Waals surface area (Å²) in [5, 5.41) is 0. The molecule has 3 nitrogen and oxygen atoms in total. The zero-order chi connectivity index (χ0) is 16.4. The number of benzene rings is 1. The van der Waals surface area contributed by atoms with Gasteiger partial charge in [0.1, 0.15) is 5.75 Å². The minimum absolute atomic E-state index is 0.0792. The second-order valence-electron chi connectivity index (χ2n) is 5.37. The Morgan fingerprint density at radius 2 is 1.95 bits per heavy atom. The number of carbonyl (C=O) groups is 1. The highest BCUT2D eigenvalue weighted by Crippen LogP contribution is 2.21. The summed E-state index contributed by atoms with van der Waals surface area (Å²) in [6, 6.07) is 7.58. The molecule has 122 valence electrons. The molecular formula is C18H25IO3. The van der Waals surface area contributed by atoms with E-state index in [-0.39, 0.29) is 12.8 Å². The van der Waals surface area contributed by atoms with E-state index in [0.29, 0.717) is 23.7 Å². The minimum Gasteiger partial charge on any atom is -0.457 e. The van der Waals surface area contributed by atoms with E-state index in [0.717, 1.165) is 16.4 Å². The highest BCUT2D eigenvalue weighted by atomic mass is 127. The maximum atomic E-state index is 11.9. The summed E-state index contributed by atoms with van der Waals surface area (Å²) in [7, 11) is 0. The fourth-order valence-electron chi connectivity index (χ4n) is 2.16. The molecule has 1 rings (SSSR count). The molecule has 0 bridgehead atoms. The zero-order valence-electron chi connectivity index (χ0n) is 13.4. The largest absolute Gasteiger partial charge is 0.457 e. The molecule has 0 spiro atoms. The van der Waals surface area contributed by atoms with E-state index in [1.807, 2.05) is 24.3 Å². The molecule has 0 aliphatic heterocycles. The number of halogens is 1. The third-order valence-corrected chi connectivity index (χ3v) is 4.32. The van der Waals surface area contributed by atoms with Gasteiger partial charge in [-0.15, -0.1) is 0 Å². The van der Waals surface area contributed by atoms with Gasteiger partial charge in [-0.05, 0) is 59.2 Å². The van der Waals surface area contributed by atoms with Crippen LogP contribution in [-0.2, 0) is 9.53 Å². The Morgan fingerprint density at radius 1 is 1.27 bits per heavy atom. The molecule has 0 aromatic heterocycles. The zero-order valence-corrected chi connectivity index (χ0v) is 15.6. The highest BCUT2D eigenvalue weighted by Gasteiger charge is 2.14. The average molecular weight is 416 g/mol. The van der Waals surface area contributed by atoms with E-state index < -0.39 is 0 Å². The van der Waals surface area contributed by atoms with Crippen molar-refractivity contribution < 1.29 is 14.3 Å². The van der Waals surface area contributed by atoms with E-state index in [1.54, 1.807) is 0 Å². The first-order valence-corrected chi connectivity index (χ1v) is 8.87. The molecule has 0 aliphatic carbocycles. The van der Waals surface area contributed by atoms with Crippen LogP contribution in [0.1, 0.15) is 46.0 Å². The number of esters is 1. The van der Waals surface area contributed by atoms with Crippen LogP contribution in [0, 0.1) is 9.49 Å². The van der Waals surface area contributed by atoms with E-state index in [9.17, 15) is 4.79 Å². The number of hydrogen-bond acceptors (Lipinski definition) is 3. The Balaban J connectivity index is 2.31. The topological polar surface area (TPSA) is 35.5 Å². The van der Waals surface area contributed by atoms with Gasteiger partial charge in [-0.1, -0.05) is 46.1 Å². The standard InChI is InChI=1S/C18H25IO3/c1-4-6-7-15(5-2)12-14(3)18(20)22-13-21-17-10-8-16(19)9-11-17/h8-11,15H,3-7,12-13H2,1-2H3. The number of carbonyl (C=O) groups excluding carboxylic acids is 1. The van der Waals surface area contributed by atoms with Gasteiger partial charge in [-0.25, -0.2) is 4.79 Å². The molecule has 0 fully saturated rings. The average Bonchev–Trinajstić information content (AvgIpc) is 2.52. The van der Waals surface area contributed by atoms with Crippen LogP contribution in [0.25, 0.3) is 0 Å². The van der Waals surface area contributed by atoms with Crippen molar-refractivity contribution in [2.24, 2.45) is 5.92 Å². The smallest absolute Gasteiger partial charge is 0.336 e. The van der Waals surface area contributed by atoms with E-state index in [4.69, 9.17) is 9.47 Å². The molecule has 0 aliphatic rings. The number of unbranched alkanes of at least 4 members (excludes halogenated alkanes) is 1. The van der Waals surface area contributed by atoms with Crippen molar-refractivity contribution in [3.05, 3.63) is 40.0 Å². The van der Waals surface area contributed by atoms with Crippen LogP contribution in [0.15, 0.2) is 36.4 Å². The number of ether oxygens (including phenoxy) is 2. The van der Waals surface area contributed by atoms with Crippen LogP contribution in [0.5, 0.6) is 5.75 Å². The second-order valence-corrected chi connectivity index (χ2v) is 6.62. The van der Waals surface area contributed by atoms with Crippen molar-refractivity contribution in [3.63, 3.8) is 0 Å². The molecule has 22 heavy (non-hydrogen) atoms. The number of rotatable bonds is 10. The fourth-order valence-corrected chi connectivity index (χ4v) is 2.52. The van der Waals surface area contributed by atoms with Gasteiger partial charge in [0.05, 0.1) is 0 Å². The Kier molecular flexibility index (Phi) is 9.20. The monoisotopic (exact) mass is 416 g/mol. The van der Waals surface area contributed by atoms with Gasteiger partial charge in [0.15, 0.2) is 0 Å². The summed E-state index contributed by atoms with van der Waals surface area (Å²) < 4.78 is 11.6. The van der Waals surface area contributed by atoms with E-state index >= 15 is 0 Å².